The number of fused-ring (bicyclic) bond motifs is 3. The molecule has 1 atom stereocenters. The molecule has 5 aromatic rings. The Hall–Kier alpha value is -7.30. The Morgan fingerprint density at radius 1 is 0.795 bits per heavy atom. The first-order chi connectivity index (χ1) is 35.4. The second kappa shape index (κ2) is 24.4. The van der Waals surface area contributed by atoms with Gasteiger partial charge >= 0.3 is 0 Å². The number of halogens is 2. The molecule has 384 valence electrons. The molecule has 22 heteroatoms. The van der Waals surface area contributed by atoms with Crippen LogP contribution in [0.4, 0.5) is 21.8 Å². The zero-order valence-electron chi connectivity index (χ0n) is 39.9. The van der Waals surface area contributed by atoms with Crippen molar-refractivity contribution in [1.82, 2.24) is 30.4 Å². The standard InChI is InChI=1S/C51H55ClFN9O11/c1-2-42(66)60-16-18-61(19-17-60)47-36-30-37(52)43(35-29-32(63)28-31-6-3-4-7-33(31)35)45(53)46(36)58-51(59-47)56-13-12-40(64)55-15-21-71-23-25-73-27-26-72-24-22-70-20-14-54-38-9-5-8-34-44(38)50(69)62(49(34)68)39-10-11-41(65)57-48(39)67/h2-9,28-30,39,54,63H,1,10-27H2,(H,55,64)(H,56,58,59)(H,57,65,67). The molecule has 4 aromatic carbocycles. The number of ether oxygens (including phenoxy) is 4. The van der Waals surface area contributed by atoms with Crippen molar-refractivity contribution in [3.63, 3.8) is 0 Å². The van der Waals surface area contributed by atoms with E-state index in [1.807, 2.05) is 29.2 Å². The van der Waals surface area contributed by atoms with Crippen molar-refractivity contribution in [2.45, 2.75) is 25.3 Å². The van der Waals surface area contributed by atoms with Gasteiger partial charge in [0.1, 0.15) is 23.1 Å². The number of imide groups is 2. The Morgan fingerprint density at radius 2 is 1.49 bits per heavy atom. The quantitative estimate of drug-likeness (QED) is 0.0329. The SMILES string of the molecule is C=CC(=O)N1CCN(c2nc(NCCC(=O)NCCOCCOCCOCCOCCNc3cccc4c3C(=O)N(C3CCC(=O)NC3=O)C4=O)nc3c(F)c(-c4cc(O)cc5ccccc45)c(Cl)cc23)CC1. The van der Waals surface area contributed by atoms with Gasteiger partial charge in [0.25, 0.3) is 11.8 Å². The van der Waals surface area contributed by atoms with Crippen LogP contribution in [0.15, 0.2) is 73.3 Å². The van der Waals surface area contributed by atoms with Crippen LogP contribution in [0, 0.1) is 5.82 Å². The van der Waals surface area contributed by atoms with Gasteiger partial charge in [-0.1, -0.05) is 48.5 Å². The minimum atomic E-state index is -1.04. The van der Waals surface area contributed by atoms with Crippen LogP contribution in [0.3, 0.4) is 0 Å². The van der Waals surface area contributed by atoms with Crippen LogP contribution in [-0.4, -0.2) is 165 Å². The number of amides is 6. The molecule has 0 bridgehead atoms. The predicted octanol–water partition coefficient (Wildman–Crippen LogP) is 4.28. The summed E-state index contributed by atoms with van der Waals surface area (Å²) in [6, 6.07) is 15.8. The highest BCUT2D eigenvalue weighted by molar-refractivity contribution is 6.35. The molecule has 0 aliphatic carbocycles. The van der Waals surface area contributed by atoms with Gasteiger partial charge in [-0.15, -0.1) is 0 Å². The number of benzene rings is 4. The molecule has 8 rings (SSSR count). The number of piperazine rings is 1. The lowest BCUT2D eigenvalue weighted by Crippen LogP contribution is -2.54. The Labute approximate surface area is 424 Å². The molecular formula is C51H55ClFN9O11. The summed E-state index contributed by atoms with van der Waals surface area (Å²) in [5.74, 6) is -2.95. The van der Waals surface area contributed by atoms with Crippen LogP contribution in [0.5, 0.6) is 5.75 Å². The fourth-order valence-electron chi connectivity index (χ4n) is 8.84. The van der Waals surface area contributed by atoms with Crippen molar-refractivity contribution in [2.75, 3.05) is 114 Å². The number of carbonyl (C=O) groups excluding carboxylic acids is 6. The number of phenols is 1. The Bertz CT molecular complexity index is 2920. The average Bonchev–Trinajstić information content (AvgIpc) is 3.64. The Morgan fingerprint density at radius 3 is 2.21 bits per heavy atom. The molecule has 0 spiro atoms. The van der Waals surface area contributed by atoms with Crippen molar-refractivity contribution in [3.05, 3.63) is 95.3 Å². The van der Waals surface area contributed by atoms with E-state index in [2.05, 4.69) is 32.8 Å². The fraction of sp³-hybridized carbons (Fsp3) is 0.373. The molecule has 20 nitrogen and oxygen atoms in total. The molecule has 0 radical (unpaired) electrons. The number of anilines is 3. The molecule has 4 heterocycles. The second-order valence-corrected chi connectivity index (χ2v) is 17.5. The maximum atomic E-state index is 16.9. The third-order valence-electron chi connectivity index (χ3n) is 12.4. The van der Waals surface area contributed by atoms with Crippen molar-refractivity contribution < 1.29 is 57.2 Å². The second-order valence-electron chi connectivity index (χ2n) is 17.1. The first-order valence-electron chi connectivity index (χ1n) is 23.9. The van der Waals surface area contributed by atoms with Crippen molar-refractivity contribution in [1.29, 1.82) is 0 Å². The third-order valence-corrected chi connectivity index (χ3v) is 12.7. The van der Waals surface area contributed by atoms with E-state index >= 15 is 4.39 Å². The minimum Gasteiger partial charge on any atom is -0.508 e. The summed E-state index contributed by atoms with van der Waals surface area (Å²) in [5, 5.41) is 23.6. The van der Waals surface area contributed by atoms with E-state index in [9.17, 15) is 33.9 Å². The summed E-state index contributed by atoms with van der Waals surface area (Å²) in [6.45, 7) is 8.42. The van der Waals surface area contributed by atoms with Crippen LogP contribution in [0.25, 0.3) is 32.8 Å². The lowest BCUT2D eigenvalue weighted by Gasteiger charge is -2.35. The Kier molecular flexibility index (Phi) is 17.4. The highest BCUT2D eigenvalue weighted by atomic mass is 35.5. The van der Waals surface area contributed by atoms with Gasteiger partial charge in [-0.2, -0.15) is 4.98 Å². The van der Waals surface area contributed by atoms with Gasteiger partial charge in [0.05, 0.1) is 69.0 Å². The van der Waals surface area contributed by atoms with E-state index in [0.717, 1.165) is 4.90 Å². The van der Waals surface area contributed by atoms with Gasteiger partial charge in [-0.25, -0.2) is 9.37 Å². The average molecular weight is 1020 g/mol. The van der Waals surface area contributed by atoms with Gasteiger partial charge in [-0.05, 0) is 59.2 Å². The number of rotatable bonds is 24. The van der Waals surface area contributed by atoms with Crippen LogP contribution in [0.2, 0.25) is 5.02 Å². The van der Waals surface area contributed by atoms with Crippen molar-refractivity contribution >= 4 is 86.2 Å². The van der Waals surface area contributed by atoms with E-state index < -0.39 is 35.5 Å². The van der Waals surface area contributed by atoms with E-state index in [1.54, 1.807) is 29.2 Å². The number of hydrogen-bond acceptors (Lipinski definition) is 16. The number of nitrogens with one attached hydrogen (secondary N) is 4. The van der Waals surface area contributed by atoms with Crippen LogP contribution < -0.4 is 26.2 Å². The van der Waals surface area contributed by atoms with Crippen molar-refractivity contribution in [2.24, 2.45) is 0 Å². The van der Waals surface area contributed by atoms with E-state index in [1.165, 1.54) is 18.2 Å². The maximum absolute atomic E-state index is 16.9. The summed E-state index contributed by atoms with van der Waals surface area (Å²) >= 11 is 6.85. The van der Waals surface area contributed by atoms with Crippen LogP contribution in [0.1, 0.15) is 40.0 Å². The van der Waals surface area contributed by atoms with Crippen LogP contribution in [-0.2, 0) is 38.1 Å². The molecule has 3 aliphatic rings. The molecule has 2 saturated heterocycles. The fourth-order valence-corrected chi connectivity index (χ4v) is 9.13. The van der Waals surface area contributed by atoms with Crippen LogP contribution >= 0.6 is 11.6 Å². The first-order valence-corrected chi connectivity index (χ1v) is 24.3. The zero-order chi connectivity index (χ0) is 51.4. The number of carbonyl (C=O) groups is 6. The van der Waals surface area contributed by atoms with E-state index in [0.29, 0.717) is 112 Å². The number of hydrogen-bond donors (Lipinski definition) is 5. The van der Waals surface area contributed by atoms with Gasteiger partial charge in [0, 0.05) is 75.3 Å². The third kappa shape index (κ3) is 12.3. The smallest absolute Gasteiger partial charge is 0.264 e. The van der Waals surface area contributed by atoms with E-state index in [4.69, 9.17) is 35.5 Å². The molecule has 2 fully saturated rings. The zero-order valence-corrected chi connectivity index (χ0v) is 40.6. The lowest BCUT2D eigenvalue weighted by molar-refractivity contribution is -0.136. The van der Waals surface area contributed by atoms with E-state index in [-0.39, 0.29) is 89.7 Å². The Balaban J connectivity index is 0.714. The monoisotopic (exact) mass is 1020 g/mol. The largest absolute Gasteiger partial charge is 0.508 e. The molecule has 0 saturated carbocycles. The number of nitrogens with zero attached hydrogens (tertiary/aromatic N) is 5. The number of piperidine rings is 1. The van der Waals surface area contributed by atoms with Gasteiger partial charge in [0.15, 0.2) is 5.82 Å². The minimum absolute atomic E-state index is 0.00600. The van der Waals surface area contributed by atoms with Gasteiger partial charge < -0.3 is 49.8 Å². The molecule has 73 heavy (non-hydrogen) atoms. The maximum Gasteiger partial charge on any atom is 0.264 e. The van der Waals surface area contributed by atoms with Crippen molar-refractivity contribution in [3.8, 4) is 16.9 Å². The summed E-state index contributed by atoms with van der Waals surface area (Å²) in [5.41, 5.74) is 1.28. The summed E-state index contributed by atoms with van der Waals surface area (Å²) < 4.78 is 39.2. The highest BCUT2D eigenvalue weighted by Gasteiger charge is 2.45. The highest BCUT2D eigenvalue weighted by Crippen LogP contribution is 2.42. The normalized spacial score (nSPS) is 15.8. The summed E-state index contributed by atoms with van der Waals surface area (Å²) in [7, 11) is 0. The first kappa shape index (κ1) is 52.0. The molecule has 6 amide bonds. The topological polar surface area (TPSA) is 243 Å². The number of aromatic hydroxyl groups is 1. The molecular weight excluding hydrogens is 969 g/mol. The molecule has 1 aromatic heterocycles. The number of aromatic nitrogens is 2. The molecule has 5 N–H and O–H groups in total. The van der Waals surface area contributed by atoms with Gasteiger partial charge in [0.2, 0.25) is 29.6 Å². The summed E-state index contributed by atoms with van der Waals surface area (Å²) in [4.78, 5) is 89.1. The number of phenolic OH excluding ortho intramolecular Hbond substituents is 1. The molecule has 1 unspecified atom stereocenters. The molecule has 3 aliphatic heterocycles. The summed E-state index contributed by atoms with van der Waals surface area (Å²) in [6.07, 6.45) is 1.45. The van der Waals surface area contributed by atoms with Gasteiger partial charge in [-0.3, -0.25) is 39.0 Å². The predicted molar refractivity (Wildman–Crippen MR) is 269 cm³/mol. The lowest BCUT2D eigenvalue weighted by atomic mass is 9.96.